The average molecular weight is 84.1 g/mol. The van der Waals surface area contributed by atoms with Crippen molar-refractivity contribution in [3.8, 4) is 0 Å². The summed E-state index contributed by atoms with van der Waals surface area (Å²) in [5.41, 5.74) is 0. The third-order valence-electron chi connectivity index (χ3n) is 0.387. The minimum Gasteiger partial charge on any atom is -0.0386 e. The van der Waals surface area contributed by atoms with Crippen molar-refractivity contribution < 1.29 is 0 Å². The van der Waals surface area contributed by atoms with Gasteiger partial charge in [-0.05, 0) is 18.8 Å². The van der Waals surface area contributed by atoms with Gasteiger partial charge in [0.15, 0.2) is 6.92 Å². The van der Waals surface area contributed by atoms with Crippen molar-refractivity contribution in [3.05, 3.63) is 0 Å². The summed E-state index contributed by atoms with van der Waals surface area (Å²) in [4.78, 5) is 3.88. The molecule has 0 radical (unpaired) electrons. The molecule has 0 saturated carbocycles. The molecule has 0 bridgehead atoms. The molecular formula is C5H10N+. The average Bonchev–Trinajstić information content (AvgIpc) is 1.35. The molecule has 0 amide bonds. The number of rotatable bonds is 1. The second-order valence-electron chi connectivity index (χ2n) is 1.45. The van der Waals surface area contributed by atoms with Crippen LogP contribution in [0.25, 0.3) is 0 Å². The highest BCUT2D eigenvalue weighted by Gasteiger charge is 1.88. The van der Waals surface area contributed by atoms with E-state index in [1.165, 1.54) is 0 Å². The molecule has 0 aliphatic heterocycles. The Morgan fingerprint density at radius 2 is 2.00 bits per heavy atom. The van der Waals surface area contributed by atoms with Crippen LogP contribution < -0.4 is 0 Å². The second-order valence-corrected chi connectivity index (χ2v) is 1.45. The van der Waals surface area contributed by atoms with E-state index in [9.17, 15) is 0 Å². The SMILES string of the molecule is C[C+]=NC(C)C. The zero-order chi connectivity index (χ0) is 4.99. The summed E-state index contributed by atoms with van der Waals surface area (Å²) in [6.45, 7) is 5.85. The van der Waals surface area contributed by atoms with Crippen LogP contribution in [0.3, 0.4) is 0 Å². The standard InChI is InChI=1S/C5H10N/c1-4-6-5(2)3/h5H,1-3H3/q+1. The van der Waals surface area contributed by atoms with Crippen LogP contribution in [0.15, 0.2) is 4.99 Å². The zero-order valence-electron chi connectivity index (χ0n) is 4.52. The Labute approximate surface area is 39.1 Å². The molecular weight excluding hydrogens is 74.1 g/mol. The van der Waals surface area contributed by atoms with E-state index >= 15 is 0 Å². The van der Waals surface area contributed by atoms with Crippen LogP contribution in [0.5, 0.6) is 0 Å². The summed E-state index contributed by atoms with van der Waals surface area (Å²) in [6, 6.07) is 0.412. The first kappa shape index (κ1) is 5.58. The lowest BCUT2D eigenvalue weighted by molar-refractivity contribution is 0.840. The fraction of sp³-hybridized carbons (Fsp3) is 0.800. The first-order chi connectivity index (χ1) is 2.77. The maximum absolute atomic E-state index is 3.88. The van der Waals surface area contributed by atoms with E-state index in [1.807, 2.05) is 13.8 Å². The molecule has 0 rings (SSSR count). The Hall–Kier alpha value is -0.420. The molecule has 0 saturated heterocycles. The fourth-order valence-electron chi connectivity index (χ4n) is 0.258. The van der Waals surface area contributed by atoms with Crippen molar-refractivity contribution in [1.82, 2.24) is 0 Å². The minimum atomic E-state index is 0.412. The number of hydrogen-bond donors (Lipinski definition) is 0. The summed E-state index contributed by atoms with van der Waals surface area (Å²) >= 11 is 0. The highest BCUT2D eigenvalue weighted by molar-refractivity contribution is 5.53. The molecule has 6 heavy (non-hydrogen) atoms. The van der Waals surface area contributed by atoms with E-state index in [-0.39, 0.29) is 0 Å². The molecule has 0 atom stereocenters. The molecule has 1 heteroatoms. The topological polar surface area (TPSA) is 12.4 Å². The van der Waals surface area contributed by atoms with Gasteiger partial charge in [0.25, 0.3) is 0 Å². The van der Waals surface area contributed by atoms with E-state index in [1.54, 1.807) is 6.92 Å². The number of nitrogens with zero attached hydrogens (tertiary/aromatic N) is 1. The molecule has 1 nitrogen and oxygen atoms in total. The predicted molar refractivity (Wildman–Crippen MR) is 28.2 cm³/mol. The van der Waals surface area contributed by atoms with Gasteiger partial charge in [-0.1, -0.05) is 0 Å². The van der Waals surface area contributed by atoms with Crippen molar-refractivity contribution in [3.63, 3.8) is 0 Å². The van der Waals surface area contributed by atoms with Crippen LogP contribution >= 0.6 is 0 Å². The summed E-state index contributed by atoms with van der Waals surface area (Å²) < 4.78 is 0. The lowest BCUT2D eigenvalue weighted by Gasteiger charge is -1.77. The van der Waals surface area contributed by atoms with E-state index in [0.717, 1.165) is 0 Å². The Bertz CT molecular complexity index is 45.9. The Morgan fingerprint density at radius 3 is 2.00 bits per heavy atom. The van der Waals surface area contributed by atoms with Gasteiger partial charge < -0.3 is 0 Å². The van der Waals surface area contributed by atoms with E-state index < -0.39 is 0 Å². The quantitative estimate of drug-likeness (QED) is 0.336. The van der Waals surface area contributed by atoms with Crippen molar-refractivity contribution in [2.24, 2.45) is 4.99 Å². The third kappa shape index (κ3) is 3.58. The summed E-state index contributed by atoms with van der Waals surface area (Å²) in [5, 5.41) is 0. The summed E-state index contributed by atoms with van der Waals surface area (Å²) in [7, 11) is 0. The lowest BCUT2D eigenvalue weighted by Crippen LogP contribution is -1.85. The van der Waals surface area contributed by atoms with Crippen LogP contribution in [0.4, 0.5) is 0 Å². The first-order valence-corrected chi connectivity index (χ1v) is 2.14. The van der Waals surface area contributed by atoms with E-state index in [0.29, 0.717) is 6.04 Å². The number of hydrogen-bond acceptors (Lipinski definition) is 1. The lowest BCUT2D eigenvalue weighted by atomic mass is 10.4. The Morgan fingerprint density at radius 1 is 1.50 bits per heavy atom. The third-order valence-corrected chi connectivity index (χ3v) is 0.387. The van der Waals surface area contributed by atoms with Gasteiger partial charge in [0, 0.05) is 0 Å². The normalized spacial score (nSPS) is 10.0. The van der Waals surface area contributed by atoms with Crippen molar-refractivity contribution in [2.75, 3.05) is 0 Å². The minimum absolute atomic E-state index is 0.412. The summed E-state index contributed by atoms with van der Waals surface area (Å²) in [5.74, 6) is 0. The van der Waals surface area contributed by atoms with Crippen LogP contribution in [0.1, 0.15) is 20.8 Å². The van der Waals surface area contributed by atoms with Gasteiger partial charge in [0.1, 0.15) is 0 Å². The molecule has 0 spiro atoms. The van der Waals surface area contributed by atoms with Crippen LogP contribution in [0.2, 0.25) is 0 Å². The predicted octanol–water partition coefficient (Wildman–Crippen LogP) is 1.36. The highest BCUT2D eigenvalue weighted by atomic mass is 14.7. The van der Waals surface area contributed by atoms with Gasteiger partial charge in [0.2, 0.25) is 0 Å². The van der Waals surface area contributed by atoms with Gasteiger partial charge in [-0.15, -0.1) is 0 Å². The first-order valence-electron chi connectivity index (χ1n) is 2.14. The van der Waals surface area contributed by atoms with E-state index in [4.69, 9.17) is 0 Å². The van der Waals surface area contributed by atoms with Crippen molar-refractivity contribution >= 4 is 6.21 Å². The molecule has 0 aromatic carbocycles. The van der Waals surface area contributed by atoms with Crippen LogP contribution in [0, 0.1) is 0 Å². The smallest absolute Gasteiger partial charge is 0.0386 e. The van der Waals surface area contributed by atoms with Gasteiger partial charge >= 0.3 is 6.21 Å². The molecule has 0 aliphatic carbocycles. The largest absolute Gasteiger partial charge is 0.354 e. The van der Waals surface area contributed by atoms with Crippen LogP contribution in [-0.4, -0.2) is 12.3 Å². The molecule has 0 aliphatic rings. The second kappa shape index (κ2) is 2.80. The summed E-state index contributed by atoms with van der Waals surface area (Å²) in [6.07, 6.45) is 2.69. The maximum atomic E-state index is 3.88. The zero-order valence-corrected chi connectivity index (χ0v) is 4.52. The molecule has 0 aromatic rings. The highest BCUT2D eigenvalue weighted by Crippen LogP contribution is 1.80. The number of aliphatic imine (C=N–C) groups is 1. The molecule has 0 heterocycles. The van der Waals surface area contributed by atoms with Gasteiger partial charge in [-0.2, -0.15) is 0 Å². The van der Waals surface area contributed by atoms with Gasteiger partial charge in [-0.25, -0.2) is 0 Å². The maximum Gasteiger partial charge on any atom is 0.354 e. The van der Waals surface area contributed by atoms with Crippen molar-refractivity contribution in [2.45, 2.75) is 26.8 Å². The molecule has 0 unspecified atom stereocenters. The van der Waals surface area contributed by atoms with E-state index in [2.05, 4.69) is 11.2 Å². The molecule has 0 N–H and O–H groups in total. The fourth-order valence-corrected chi connectivity index (χ4v) is 0.258. The Balaban J connectivity index is 3.03. The monoisotopic (exact) mass is 84.1 g/mol. The van der Waals surface area contributed by atoms with Crippen LogP contribution in [-0.2, 0) is 0 Å². The van der Waals surface area contributed by atoms with Crippen molar-refractivity contribution in [1.29, 1.82) is 0 Å². The van der Waals surface area contributed by atoms with Gasteiger partial charge in [-0.3, -0.25) is 0 Å². The molecule has 0 aromatic heterocycles. The molecule has 0 fully saturated rings. The molecule has 34 valence electrons. The van der Waals surface area contributed by atoms with Gasteiger partial charge in [0.05, 0.1) is 6.04 Å². The Kier molecular flexibility index (Phi) is 2.60.